The van der Waals surface area contributed by atoms with Gasteiger partial charge in [-0.1, -0.05) is 73.5 Å². The van der Waals surface area contributed by atoms with Crippen molar-refractivity contribution in [3.05, 3.63) is 107 Å². The van der Waals surface area contributed by atoms with E-state index in [9.17, 15) is 9.90 Å². The molecule has 7 nitrogen and oxygen atoms in total. The molecular weight excluding hydrogens is 542 g/mol. The van der Waals surface area contributed by atoms with Crippen molar-refractivity contribution in [3.63, 3.8) is 0 Å². The van der Waals surface area contributed by atoms with E-state index in [1.807, 2.05) is 60.8 Å². The largest absolute Gasteiger partial charge is 0.390 e. The molecule has 0 spiro atoms. The van der Waals surface area contributed by atoms with E-state index < -0.39 is 12.1 Å². The van der Waals surface area contributed by atoms with Crippen molar-refractivity contribution in [1.82, 2.24) is 20.2 Å². The molecule has 0 bridgehead atoms. The lowest BCUT2D eigenvalue weighted by molar-refractivity contribution is 0.0821. The lowest BCUT2D eigenvalue weighted by atomic mass is 10.0. The zero-order chi connectivity index (χ0) is 29.1. The summed E-state index contributed by atoms with van der Waals surface area (Å²) in [6.45, 7) is 5.19. The number of aliphatic hydroxyl groups is 1. The van der Waals surface area contributed by atoms with Crippen LogP contribution in [0, 0.1) is 0 Å². The van der Waals surface area contributed by atoms with E-state index in [4.69, 9.17) is 0 Å². The predicted octanol–water partition coefficient (Wildman–Crippen LogP) is 5.88. The molecule has 3 atom stereocenters. The lowest BCUT2D eigenvalue weighted by Crippen LogP contribution is -2.49. The number of aromatic nitrogens is 2. The van der Waals surface area contributed by atoms with Gasteiger partial charge in [0.05, 0.1) is 28.9 Å². The Morgan fingerprint density at radius 2 is 1.90 bits per heavy atom. The van der Waals surface area contributed by atoms with Gasteiger partial charge in [0.25, 0.3) is 5.91 Å². The number of aliphatic hydroxyl groups excluding tert-OH is 1. The quantitative estimate of drug-likeness (QED) is 0.155. The third-order valence-electron chi connectivity index (χ3n) is 8.06. The number of nitrogens with zero attached hydrogens (tertiary/aromatic N) is 2. The molecule has 0 saturated carbocycles. The summed E-state index contributed by atoms with van der Waals surface area (Å²) in [6.07, 6.45) is 2.47. The maximum atomic E-state index is 14.0. The highest BCUT2D eigenvalue weighted by Crippen LogP contribution is 2.37. The number of fused-ring (bicyclic) bond motifs is 1. The number of nitrogens with one attached hydrogen (secondary N) is 3. The monoisotopic (exact) mass is 579 g/mol. The van der Waals surface area contributed by atoms with E-state index in [2.05, 4.69) is 63.0 Å². The van der Waals surface area contributed by atoms with Gasteiger partial charge in [-0.25, -0.2) is 0 Å². The fourth-order valence-electron chi connectivity index (χ4n) is 5.85. The zero-order valence-electron chi connectivity index (χ0n) is 24.0. The number of hydrogen-bond donors (Lipinski definition) is 4. The second kappa shape index (κ2) is 12.6. The molecule has 0 radical (unpaired) electrons. The molecule has 1 amide bonds. The van der Waals surface area contributed by atoms with Crippen LogP contribution in [0.5, 0.6) is 0 Å². The number of hydrogen-bond acceptors (Lipinski definition) is 6. The Bertz CT molecular complexity index is 1700. The number of aryl methyl sites for hydroxylation is 1. The summed E-state index contributed by atoms with van der Waals surface area (Å²) in [5, 5.41) is 20.2. The van der Waals surface area contributed by atoms with Crippen molar-refractivity contribution in [2.45, 2.75) is 51.4 Å². The fourth-order valence-corrected chi connectivity index (χ4v) is 6.64. The van der Waals surface area contributed by atoms with Crippen molar-refractivity contribution in [2.24, 2.45) is 0 Å². The second-order valence-electron chi connectivity index (χ2n) is 11.1. The van der Waals surface area contributed by atoms with Crippen LogP contribution in [0.15, 0.2) is 85.1 Å². The van der Waals surface area contributed by atoms with E-state index in [0.717, 1.165) is 50.8 Å². The molecule has 0 fully saturated rings. The van der Waals surface area contributed by atoms with Gasteiger partial charge in [-0.15, -0.1) is 0 Å². The minimum Gasteiger partial charge on any atom is -0.390 e. The summed E-state index contributed by atoms with van der Waals surface area (Å²) in [4.78, 5) is 18.6. The zero-order valence-corrected chi connectivity index (χ0v) is 24.8. The van der Waals surface area contributed by atoms with Crippen molar-refractivity contribution in [2.75, 3.05) is 17.0 Å². The maximum absolute atomic E-state index is 14.0. The number of rotatable bonds is 10. The summed E-state index contributed by atoms with van der Waals surface area (Å²) in [5.74, 6) is 0.667. The van der Waals surface area contributed by atoms with Crippen LogP contribution in [-0.2, 0) is 19.4 Å². The third kappa shape index (κ3) is 5.88. The van der Waals surface area contributed by atoms with Crippen molar-refractivity contribution < 1.29 is 9.90 Å². The molecule has 1 aliphatic heterocycles. The van der Waals surface area contributed by atoms with E-state index in [1.54, 1.807) is 11.9 Å². The Hall–Kier alpha value is -3.85. The Balaban J connectivity index is 1.23. The van der Waals surface area contributed by atoms with Crippen LogP contribution in [0.1, 0.15) is 47.1 Å². The molecule has 5 aromatic rings. The van der Waals surface area contributed by atoms with Crippen LogP contribution in [-0.4, -0.2) is 45.0 Å². The first kappa shape index (κ1) is 28.3. The SMILES string of the molecule is CCc1ccc2c3c1cc(C(=O)N[C@@H](Cc1ccccc1)[C@H](O)CNCc1cnc4ccccc4c1)n3C(C)CSN2. The van der Waals surface area contributed by atoms with Gasteiger partial charge in [0, 0.05) is 41.9 Å². The lowest BCUT2D eigenvalue weighted by Gasteiger charge is -2.26. The molecule has 1 unspecified atom stereocenters. The van der Waals surface area contributed by atoms with Crippen LogP contribution in [0.2, 0.25) is 0 Å². The Labute approximate surface area is 250 Å². The second-order valence-corrected chi connectivity index (χ2v) is 11.9. The molecule has 4 N–H and O–H groups in total. The van der Waals surface area contributed by atoms with E-state index in [-0.39, 0.29) is 11.9 Å². The van der Waals surface area contributed by atoms with E-state index >= 15 is 0 Å². The first-order valence-electron chi connectivity index (χ1n) is 14.6. The van der Waals surface area contributed by atoms with E-state index in [0.29, 0.717) is 25.2 Å². The molecule has 3 heterocycles. The van der Waals surface area contributed by atoms with Gasteiger partial charge in [-0.2, -0.15) is 0 Å². The van der Waals surface area contributed by atoms with Crippen LogP contribution in [0.25, 0.3) is 21.8 Å². The van der Waals surface area contributed by atoms with Gasteiger partial charge in [-0.05, 0) is 60.7 Å². The number of carbonyl (C=O) groups excluding carboxylic acids is 1. The summed E-state index contributed by atoms with van der Waals surface area (Å²) in [7, 11) is 0. The first-order valence-corrected chi connectivity index (χ1v) is 15.6. The summed E-state index contributed by atoms with van der Waals surface area (Å²) >= 11 is 1.67. The highest BCUT2D eigenvalue weighted by Gasteiger charge is 2.28. The molecule has 3 aromatic carbocycles. The molecule has 6 rings (SSSR count). The highest BCUT2D eigenvalue weighted by molar-refractivity contribution is 8.00. The standard InChI is InChI=1S/C34H37N5O2S/c1-3-25-13-14-29-33-27(25)17-31(39(33)22(2)21-42-38-29)34(41)37-30(16-23-9-5-4-6-10-23)32(40)20-35-18-24-15-26-11-7-8-12-28(26)36-19-24/h4-15,17,19,22,30,32,35,38,40H,3,16,18,20-21H2,1-2H3,(H,37,41)/t22?,30-,32+/m0/s1. The van der Waals surface area contributed by atoms with Crippen LogP contribution in [0.4, 0.5) is 5.69 Å². The Kier molecular flexibility index (Phi) is 8.46. The number of benzene rings is 3. The Morgan fingerprint density at radius 1 is 1.10 bits per heavy atom. The number of carbonyl (C=O) groups is 1. The van der Waals surface area contributed by atoms with Crippen molar-refractivity contribution in [1.29, 1.82) is 0 Å². The highest BCUT2D eigenvalue weighted by atomic mass is 32.2. The summed E-state index contributed by atoms with van der Waals surface area (Å²) < 4.78 is 5.64. The number of pyridine rings is 1. The normalized spacial score (nSPS) is 16.1. The summed E-state index contributed by atoms with van der Waals surface area (Å²) in [5.41, 5.74) is 7.01. The van der Waals surface area contributed by atoms with Crippen molar-refractivity contribution in [3.8, 4) is 0 Å². The minimum absolute atomic E-state index is 0.129. The molecule has 1 aliphatic rings. The van der Waals surface area contributed by atoms with Crippen LogP contribution >= 0.6 is 11.9 Å². The predicted molar refractivity (Wildman–Crippen MR) is 173 cm³/mol. The Morgan fingerprint density at radius 3 is 2.74 bits per heavy atom. The van der Waals surface area contributed by atoms with Crippen LogP contribution < -0.4 is 15.4 Å². The topological polar surface area (TPSA) is 91.2 Å². The van der Waals surface area contributed by atoms with Gasteiger partial charge in [0.15, 0.2) is 0 Å². The molecule has 2 aromatic heterocycles. The van der Waals surface area contributed by atoms with Gasteiger partial charge in [0.2, 0.25) is 0 Å². The minimum atomic E-state index is -0.799. The average Bonchev–Trinajstić information content (AvgIpc) is 3.34. The number of para-hydroxylation sites is 1. The first-order chi connectivity index (χ1) is 20.5. The smallest absolute Gasteiger partial charge is 0.268 e. The van der Waals surface area contributed by atoms with E-state index in [1.165, 1.54) is 5.56 Å². The van der Waals surface area contributed by atoms with Gasteiger partial charge >= 0.3 is 0 Å². The third-order valence-corrected chi connectivity index (χ3v) is 9.07. The fraction of sp³-hybridized carbons (Fsp3) is 0.294. The molecule has 8 heteroatoms. The molecule has 216 valence electrons. The number of amides is 1. The molecular formula is C34H37N5O2S. The van der Waals surface area contributed by atoms with Gasteiger partial charge < -0.3 is 25.0 Å². The molecule has 42 heavy (non-hydrogen) atoms. The summed E-state index contributed by atoms with van der Waals surface area (Å²) in [6, 6.07) is 26.1. The molecule has 0 saturated heterocycles. The van der Waals surface area contributed by atoms with Gasteiger partial charge in [0.1, 0.15) is 5.69 Å². The van der Waals surface area contributed by atoms with Crippen molar-refractivity contribution >= 4 is 45.3 Å². The number of anilines is 1. The van der Waals surface area contributed by atoms with Gasteiger partial charge in [-0.3, -0.25) is 9.78 Å². The maximum Gasteiger partial charge on any atom is 0.268 e. The average molecular weight is 580 g/mol. The van der Waals surface area contributed by atoms with Crippen LogP contribution in [0.3, 0.4) is 0 Å². The molecule has 0 aliphatic carbocycles.